The molecule has 1 aliphatic carbocycles. The number of methoxy groups -OCH3 is 1. The van der Waals surface area contributed by atoms with E-state index < -0.39 is 0 Å². The summed E-state index contributed by atoms with van der Waals surface area (Å²) in [6, 6.07) is 2.79. The number of hydrogen-bond acceptors (Lipinski definition) is 3. The van der Waals surface area contributed by atoms with Gasteiger partial charge in [-0.05, 0) is 39.7 Å². The Morgan fingerprint density at radius 3 is 2.80 bits per heavy atom. The van der Waals surface area contributed by atoms with Crippen molar-refractivity contribution in [2.45, 2.75) is 51.2 Å². The Balaban J connectivity index is 2.23. The van der Waals surface area contributed by atoms with Crippen molar-refractivity contribution in [3.05, 3.63) is 0 Å². The van der Waals surface area contributed by atoms with Crippen LogP contribution in [0.2, 0.25) is 0 Å². The van der Waals surface area contributed by atoms with E-state index >= 15 is 0 Å². The average Bonchev–Trinajstić information content (AvgIpc) is 2.65. The quantitative estimate of drug-likeness (QED) is 0.755. The Morgan fingerprint density at radius 2 is 2.20 bits per heavy atom. The summed E-state index contributed by atoms with van der Waals surface area (Å²) in [4.78, 5) is 0. The molecule has 3 nitrogen and oxygen atoms in total. The lowest BCUT2D eigenvalue weighted by molar-refractivity contribution is 0.0152. The Labute approximate surface area is 92.8 Å². The summed E-state index contributed by atoms with van der Waals surface area (Å²) in [5.41, 5.74) is -0.0618. The molecular weight excluding hydrogens is 188 g/mol. The van der Waals surface area contributed by atoms with Crippen LogP contribution < -0.4 is 5.32 Å². The third kappa shape index (κ3) is 3.81. The van der Waals surface area contributed by atoms with Crippen molar-refractivity contribution in [2.75, 3.05) is 13.7 Å². The zero-order valence-electron chi connectivity index (χ0n) is 10.0. The van der Waals surface area contributed by atoms with Crippen molar-refractivity contribution in [2.24, 2.45) is 5.92 Å². The molecule has 0 aromatic carbocycles. The van der Waals surface area contributed by atoms with Crippen LogP contribution in [0.25, 0.3) is 0 Å². The molecule has 0 radical (unpaired) electrons. The first-order valence-electron chi connectivity index (χ1n) is 5.77. The number of ether oxygens (including phenoxy) is 1. The molecule has 0 heterocycles. The monoisotopic (exact) mass is 210 g/mol. The van der Waals surface area contributed by atoms with Gasteiger partial charge in [-0.1, -0.05) is 6.42 Å². The lowest BCUT2D eigenvalue weighted by Crippen LogP contribution is -2.36. The fourth-order valence-corrected chi connectivity index (χ4v) is 2.02. The molecule has 0 aromatic rings. The van der Waals surface area contributed by atoms with Crippen molar-refractivity contribution >= 4 is 0 Å². The van der Waals surface area contributed by atoms with Crippen LogP contribution in [-0.2, 0) is 4.74 Å². The van der Waals surface area contributed by atoms with E-state index in [1.807, 2.05) is 0 Å². The second-order valence-electron chi connectivity index (χ2n) is 4.94. The van der Waals surface area contributed by atoms with Crippen LogP contribution in [-0.4, -0.2) is 25.3 Å². The van der Waals surface area contributed by atoms with Gasteiger partial charge in [0.05, 0.1) is 17.6 Å². The highest BCUT2D eigenvalue weighted by Gasteiger charge is 2.27. The number of nitrogens with one attached hydrogen (secondary N) is 1. The summed E-state index contributed by atoms with van der Waals surface area (Å²) in [5.74, 6) is 0.218. The number of nitriles is 1. The maximum atomic E-state index is 8.93. The summed E-state index contributed by atoms with van der Waals surface area (Å²) >= 11 is 0. The minimum Gasteiger partial charge on any atom is -0.379 e. The molecule has 1 N–H and O–H groups in total. The van der Waals surface area contributed by atoms with Crippen molar-refractivity contribution in [1.82, 2.24) is 5.32 Å². The van der Waals surface area contributed by atoms with Crippen LogP contribution in [0, 0.1) is 17.2 Å². The molecule has 1 fully saturated rings. The smallest absolute Gasteiger partial charge is 0.0672 e. The van der Waals surface area contributed by atoms with Gasteiger partial charge in [-0.3, -0.25) is 0 Å². The molecule has 0 aliphatic heterocycles. The minimum atomic E-state index is -0.0618. The maximum Gasteiger partial charge on any atom is 0.0672 e. The normalized spacial score (nSPS) is 26.5. The van der Waals surface area contributed by atoms with Crippen molar-refractivity contribution in [1.29, 1.82) is 5.26 Å². The lowest BCUT2D eigenvalue weighted by Gasteiger charge is -2.24. The molecule has 1 aliphatic rings. The molecule has 1 saturated carbocycles. The molecule has 0 amide bonds. The molecule has 86 valence electrons. The van der Waals surface area contributed by atoms with E-state index in [9.17, 15) is 0 Å². The second kappa shape index (κ2) is 5.48. The van der Waals surface area contributed by atoms with E-state index in [0.717, 1.165) is 25.8 Å². The standard InChI is InChI=1S/C12H22N2O/c1-12(2,15-3)7-8-14-11-6-4-5-10(11)9-13/h10-11,14H,4-8H2,1-3H3. The van der Waals surface area contributed by atoms with E-state index in [-0.39, 0.29) is 11.5 Å². The zero-order chi connectivity index (χ0) is 11.3. The van der Waals surface area contributed by atoms with Crippen molar-refractivity contribution < 1.29 is 4.74 Å². The van der Waals surface area contributed by atoms with Crippen LogP contribution in [0.5, 0.6) is 0 Å². The Hall–Kier alpha value is -0.590. The topological polar surface area (TPSA) is 45.0 Å². The van der Waals surface area contributed by atoms with Gasteiger partial charge in [0.25, 0.3) is 0 Å². The van der Waals surface area contributed by atoms with Crippen LogP contribution in [0.15, 0.2) is 0 Å². The van der Waals surface area contributed by atoms with Crippen LogP contribution >= 0.6 is 0 Å². The zero-order valence-corrected chi connectivity index (χ0v) is 10.0. The van der Waals surface area contributed by atoms with E-state index in [1.54, 1.807) is 7.11 Å². The summed E-state index contributed by atoms with van der Waals surface area (Å²) < 4.78 is 5.35. The predicted molar refractivity (Wildman–Crippen MR) is 60.4 cm³/mol. The molecule has 2 unspecified atom stereocenters. The van der Waals surface area contributed by atoms with E-state index in [2.05, 4.69) is 25.2 Å². The largest absolute Gasteiger partial charge is 0.379 e. The molecule has 3 heteroatoms. The third-order valence-electron chi connectivity index (χ3n) is 3.37. The van der Waals surface area contributed by atoms with Gasteiger partial charge in [-0.25, -0.2) is 0 Å². The number of hydrogen-bond donors (Lipinski definition) is 1. The summed E-state index contributed by atoms with van der Waals surface area (Å²) in [7, 11) is 1.74. The molecular formula is C12H22N2O. The van der Waals surface area contributed by atoms with Gasteiger partial charge in [0.15, 0.2) is 0 Å². The summed E-state index contributed by atoms with van der Waals surface area (Å²) in [6.07, 6.45) is 4.37. The molecule has 2 atom stereocenters. The van der Waals surface area contributed by atoms with Gasteiger partial charge in [-0.15, -0.1) is 0 Å². The Kier molecular flexibility index (Phi) is 4.56. The van der Waals surface area contributed by atoms with Gasteiger partial charge < -0.3 is 10.1 Å². The predicted octanol–water partition coefficient (Wildman–Crippen LogP) is 2.08. The van der Waals surface area contributed by atoms with E-state index in [4.69, 9.17) is 10.00 Å². The van der Waals surface area contributed by atoms with E-state index in [1.165, 1.54) is 6.42 Å². The highest BCUT2D eigenvalue weighted by Crippen LogP contribution is 2.25. The summed E-state index contributed by atoms with van der Waals surface area (Å²) in [6.45, 7) is 5.11. The Bertz CT molecular complexity index is 232. The van der Waals surface area contributed by atoms with Crippen LogP contribution in [0.3, 0.4) is 0 Å². The highest BCUT2D eigenvalue weighted by molar-refractivity contribution is 4.96. The van der Waals surface area contributed by atoms with Crippen LogP contribution in [0.1, 0.15) is 39.5 Å². The second-order valence-corrected chi connectivity index (χ2v) is 4.94. The molecule has 15 heavy (non-hydrogen) atoms. The van der Waals surface area contributed by atoms with Crippen molar-refractivity contribution in [3.8, 4) is 6.07 Å². The summed E-state index contributed by atoms with van der Waals surface area (Å²) in [5, 5.41) is 12.4. The fourth-order valence-electron chi connectivity index (χ4n) is 2.02. The van der Waals surface area contributed by atoms with Gasteiger partial charge >= 0.3 is 0 Å². The third-order valence-corrected chi connectivity index (χ3v) is 3.37. The molecule has 1 rings (SSSR count). The lowest BCUT2D eigenvalue weighted by atomic mass is 10.0. The van der Waals surface area contributed by atoms with Gasteiger partial charge in [0.2, 0.25) is 0 Å². The first kappa shape index (κ1) is 12.5. The van der Waals surface area contributed by atoms with Gasteiger partial charge in [0, 0.05) is 13.2 Å². The molecule has 0 bridgehead atoms. The first-order valence-corrected chi connectivity index (χ1v) is 5.77. The van der Waals surface area contributed by atoms with Gasteiger partial charge in [-0.2, -0.15) is 5.26 Å². The van der Waals surface area contributed by atoms with Crippen molar-refractivity contribution in [3.63, 3.8) is 0 Å². The number of rotatable bonds is 5. The maximum absolute atomic E-state index is 8.93. The molecule has 0 aromatic heterocycles. The first-order chi connectivity index (χ1) is 7.09. The average molecular weight is 210 g/mol. The minimum absolute atomic E-state index is 0.0618. The Morgan fingerprint density at radius 1 is 1.47 bits per heavy atom. The SMILES string of the molecule is COC(C)(C)CCNC1CCCC1C#N. The van der Waals surface area contributed by atoms with Crippen LogP contribution in [0.4, 0.5) is 0 Å². The van der Waals surface area contributed by atoms with Gasteiger partial charge in [0.1, 0.15) is 0 Å². The fraction of sp³-hybridized carbons (Fsp3) is 0.917. The van der Waals surface area contributed by atoms with E-state index in [0.29, 0.717) is 6.04 Å². The number of nitrogens with zero attached hydrogens (tertiary/aromatic N) is 1. The highest BCUT2D eigenvalue weighted by atomic mass is 16.5. The molecule has 0 spiro atoms. The molecule has 0 saturated heterocycles.